The Morgan fingerprint density at radius 2 is 2.07 bits per heavy atom. The molecule has 1 amide bonds. The molecule has 0 unspecified atom stereocenters. The van der Waals surface area contributed by atoms with Gasteiger partial charge in [0.15, 0.2) is 6.10 Å². The van der Waals surface area contributed by atoms with Gasteiger partial charge in [-0.3, -0.25) is 4.79 Å². The summed E-state index contributed by atoms with van der Waals surface area (Å²) in [4.78, 5) is 12.0. The molecular weight excluding hydrogens is 342 g/mol. The van der Waals surface area contributed by atoms with Crippen molar-refractivity contribution in [3.05, 3.63) is 59.3 Å². The number of nitrogens with one attached hydrogen (secondary N) is 1. The smallest absolute Gasteiger partial charge is 0.249 e. The molecule has 1 aliphatic carbocycles. The number of allylic oxidation sites excluding steroid dienone is 1. The lowest BCUT2D eigenvalue weighted by Crippen LogP contribution is -2.25. The third-order valence-electron chi connectivity index (χ3n) is 4.76. The Labute approximate surface area is 160 Å². The van der Waals surface area contributed by atoms with E-state index in [4.69, 9.17) is 9.15 Å². The fraction of sp³-hybridized carbons (Fsp3) is 0.476. The van der Waals surface area contributed by atoms with E-state index in [0.29, 0.717) is 31.2 Å². The van der Waals surface area contributed by atoms with E-state index in [-0.39, 0.29) is 5.91 Å². The van der Waals surface area contributed by atoms with Crippen LogP contribution in [0.1, 0.15) is 62.0 Å². The van der Waals surface area contributed by atoms with Gasteiger partial charge in [-0.1, -0.05) is 42.0 Å². The predicted octanol–water partition coefficient (Wildman–Crippen LogP) is 3.74. The molecule has 0 bridgehead atoms. The van der Waals surface area contributed by atoms with Crippen LogP contribution in [0.3, 0.4) is 0 Å². The minimum absolute atomic E-state index is 0.0116. The normalized spacial score (nSPS) is 15.2. The van der Waals surface area contributed by atoms with Crippen molar-refractivity contribution in [1.82, 2.24) is 15.5 Å². The van der Waals surface area contributed by atoms with Gasteiger partial charge in [-0.15, -0.1) is 10.2 Å². The van der Waals surface area contributed by atoms with Gasteiger partial charge in [-0.25, -0.2) is 0 Å². The number of aryl methyl sites for hydroxylation is 1. The van der Waals surface area contributed by atoms with Crippen molar-refractivity contribution < 1.29 is 13.9 Å². The van der Waals surface area contributed by atoms with Crippen molar-refractivity contribution in [1.29, 1.82) is 0 Å². The summed E-state index contributed by atoms with van der Waals surface area (Å²) in [5, 5.41) is 11.1. The molecule has 1 atom stereocenters. The van der Waals surface area contributed by atoms with Crippen molar-refractivity contribution in [3.8, 4) is 0 Å². The first kappa shape index (κ1) is 19.3. The van der Waals surface area contributed by atoms with E-state index in [2.05, 4.69) is 21.6 Å². The van der Waals surface area contributed by atoms with Gasteiger partial charge in [0, 0.05) is 26.5 Å². The summed E-state index contributed by atoms with van der Waals surface area (Å²) in [6.45, 7) is 0.694. The van der Waals surface area contributed by atoms with Crippen LogP contribution in [-0.2, 0) is 16.0 Å². The molecule has 1 aliphatic rings. The van der Waals surface area contributed by atoms with Gasteiger partial charge in [0.25, 0.3) is 0 Å². The molecule has 6 nitrogen and oxygen atoms in total. The summed E-state index contributed by atoms with van der Waals surface area (Å²) in [7, 11) is 1.61. The van der Waals surface area contributed by atoms with Crippen LogP contribution in [0.5, 0.6) is 0 Å². The van der Waals surface area contributed by atoms with Gasteiger partial charge in [0.05, 0.1) is 0 Å². The molecular formula is C21H27N3O3. The molecule has 27 heavy (non-hydrogen) atoms. The Morgan fingerprint density at radius 3 is 2.81 bits per heavy atom. The Hall–Kier alpha value is -2.47. The summed E-state index contributed by atoms with van der Waals surface area (Å²) in [5.41, 5.74) is 2.42. The minimum Gasteiger partial charge on any atom is -0.422 e. The molecule has 0 spiro atoms. The highest BCUT2D eigenvalue weighted by atomic mass is 16.5. The van der Waals surface area contributed by atoms with Crippen molar-refractivity contribution in [3.63, 3.8) is 0 Å². The number of nitrogens with zero attached hydrogens (tertiary/aromatic N) is 2. The van der Waals surface area contributed by atoms with Crippen LogP contribution in [0.2, 0.25) is 0 Å². The van der Waals surface area contributed by atoms with Crippen LogP contribution >= 0.6 is 0 Å². The van der Waals surface area contributed by atoms with E-state index in [0.717, 1.165) is 12.0 Å². The fourth-order valence-electron chi connectivity index (χ4n) is 3.28. The van der Waals surface area contributed by atoms with Gasteiger partial charge in [-0.2, -0.15) is 0 Å². The zero-order valence-electron chi connectivity index (χ0n) is 15.8. The van der Waals surface area contributed by atoms with Crippen LogP contribution in [0.25, 0.3) is 0 Å². The quantitative estimate of drug-likeness (QED) is 0.681. The third-order valence-corrected chi connectivity index (χ3v) is 4.76. The first-order valence-electron chi connectivity index (χ1n) is 9.61. The second kappa shape index (κ2) is 10.0. The van der Waals surface area contributed by atoms with Crippen LogP contribution in [-0.4, -0.2) is 29.8 Å². The van der Waals surface area contributed by atoms with Crippen molar-refractivity contribution in [2.45, 2.75) is 51.0 Å². The van der Waals surface area contributed by atoms with E-state index < -0.39 is 6.10 Å². The number of benzene rings is 1. The number of aromatic nitrogens is 2. The summed E-state index contributed by atoms with van der Waals surface area (Å²) < 4.78 is 11.2. The number of ether oxygens (including phenoxy) is 1. The molecule has 144 valence electrons. The topological polar surface area (TPSA) is 77.2 Å². The lowest BCUT2D eigenvalue weighted by Gasteiger charge is -2.12. The highest BCUT2D eigenvalue weighted by Crippen LogP contribution is 2.24. The number of amides is 1. The summed E-state index contributed by atoms with van der Waals surface area (Å²) >= 11 is 0. The monoisotopic (exact) mass is 369 g/mol. The number of hydrogen-bond acceptors (Lipinski definition) is 5. The Balaban J connectivity index is 1.44. The predicted molar refractivity (Wildman–Crippen MR) is 102 cm³/mol. The Kier molecular flexibility index (Phi) is 7.16. The molecule has 0 radical (unpaired) electrons. The third kappa shape index (κ3) is 5.76. The molecule has 1 aromatic heterocycles. The van der Waals surface area contributed by atoms with Crippen molar-refractivity contribution in [2.75, 3.05) is 13.7 Å². The first-order chi connectivity index (χ1) is 13.3. The van der Waals surface area contributed by atoms with Crippen molar-refractivity contribution >= 4 is 5.91 Å². The Bertz CT molecular complexity index is 755. The number of rotatable bonds is 9. The van der Waals surface area contributed by atoms with E-state index in [9.17, 15) is 4.79 Å². The second-order valence-electron chi connectivity index (χ2n) is 6.77. The number of hydrogen-bond donors (Lipinski definition) is 1. The van der Waals surface area contributed by atoms with Gasteiger partial charge in [-0.05, 0) is 37.7 Å². The van der Waals surface area contributed by atoms with E-state index in [1.165, 1.54) is 31.3 Å². The zero-order chi connectivity index (χ0) is 18.9. The SMILES string of the molecule is CO[C@H](c1ccccc1)c1nnc(CCC(=O)NCCC2=CCCCC2)o1. The fourth-order valence-corrected chi connectivity index (χ4v) is 3.28. The summed E-state index contributed by atoms with van der Waals surface area (Å²) in [5.74, 6) is 0.869. The maximum absolute atomic E-state index is 12.0. The summed E-state index contributed by atoms with van der Waals surface area (Å²) in [6.07, 6.45) is 8.52. The molecule has 1 N–H and O–H groups in total. The molecule has 2 aromatic rings. The second-order valence-corrected chi connectivity index (χ2v) is 6.77. The van der Waals surface area contributed by atoms with Crippen LogP contribution in [0.4, 0.5) is 0 Å². The molecule has 0 saturated heterocycles. The van der Waals surface area contributed by atoms with Gasteiger partial charge in [0.2, 0.25) is 17.7 Å². The van der Waals surface area contributed by atoms with Crippen LogP contribution in [0.15, 0.2) is 46.4 Å². The molecule has 1 aromatic carbocycles. The Morgan fingerprint density at radius 1 is 1.22 bits per heavy atom. The van der Waals surface area contributed by atoms with E-state index in [1.54, 1.807) is 7.11 Å². The molecule has 0 aliphatic heterocycles. The maximum atomic E-state index is 12.0. The average molecular weight is 369 g/mol. The van der Waals surface area contributed by atoms with Crippen LogP contribution in [0, 0.1) is 0 Å². The van der Waals surface area contributed by atoms with E-state index >= 15 is 0 Å². The minimum atomic E-state index is -0.398. The summed E-state index contributed by atoms with van der Waals surface area (Å²) in [6, 6.07) is 9.72. The standard InChI is InChI=1S/C21H27N3O3/c1-26-20(17-10-6-3-7-11-17)21-24-23-19(27-21)13-12-18(25)22-15-14-16-8-4-2-5-9-16/h3,6-8,10-11,20H,2,4-5,9,12-15H2,1H3,(H,22,25)/t20-/m1/s1. The number of carbonyl (C=O) groups excluding carboxylic acids is 1. The van der Waals surface area contributed by atoms with Gasteiger partial charge >= 0.3 is 0 Å². The highest BCUT2D eigenvalue weighted by Gasteiger charge is 2.20. The molecule has 1 heterocycles. The van der Waals surface area contributed by atoms with Crippen molar-refractivity contribution in [2.24, 2.45) is 0 Å². The number of methoxy groups -OCH3 is 1. The molecule has 0 fully saturated rings. The van der Waals surface area contributed by atoms with Gasteiger partial charge in [0.1, 0.15) is 0 Å². The molecule has 6 heteroatoms. The number of carbonyl (C=O) groups is 1. The van der Waals surface area contributed by atoms with Crippen LogP contribution < -0.4 is 5.32 Å². The lowest BCUT2D eigenvalue weighted by atomic mass is 9.97. The average Bonchev–Trinajstić information content (AvgIpc) is 3.17. The zero-order valence-corrected chi connectivity index (χ0v) is 15.8. The van der Waals surface area contributed by atoms with Gasteiger partial charge < -0.3 is 14.5 Å². The molecule has 0 saturated carbocycles. The largest absolute Gasteiger partial charge is 0.422 e. The first-order valence-corrected chi connectivity index (χ1v) is 9.61. The maximum Gasteiger partial charge on any atom is 0.249 e. The highest BCUT2D eigenvalue weighted by molar-refractivity contribution is 5.75. The lowest BCUT2D eigenvalue weighted by molar-refractivity contribution is -0.121. The van der Waals surface area contributed by atoms with E-state index in [1.807, 2.05) is 30.3 Å². The molecule has 3 rings (SSSR count).